The molecule has 0 radical (unpaired) electrons. The summed E-state index contributed by atoms with van der Waals surface area (Å²) < 4.78 is 0. The average Bonchev–Trinajstić information content (AvgIpc) is 2.70. The molecule has 0 atom stereocenters. The molecular weight excluding hydrogens is 356 g/mol. The van der Waals surface area contributed by atoms with Crippen LogP contribution in [0.4, 0.5) is 0 Å². The van der Waals surface area contributed by atoms with Crippen molar-refractivity contribution < 1.29 is 14.4 Å². The highest BCUT2D eigenvalue weighted by molar-refractivity contribution is 5.94. The third-order valence-corrected chi connectivity index (χ3v) is 4.70. The van der Waals surface area contributed by atoms with Gasteiger partial charge in [0.2, 0.25) is 11.8 Å². The van der Waals surface area contributed by atoms with E-state index in [1.165, 1.54) is 4.90 Å². The van der Waals surface area contributed by atoms with Crippen LogP contribution in [0.3, 0.4) is 0 Å². The summed E-state index contributed by atoms with van der Waals surface area (Å²) in [6, 6.07) is 7.15. The topological polar surface area (TPSA) is 64.2 Å². The predicted molar refractivity (Wildman–Crippen MR) is 110 cm³/mol. The first-order valence-electron chi connectivity index (χ1n) is 9.49. The van der Waals surface area contributed by atoms with Gasteiger partial charge in [-0.05, 0) is 37.9 Å². The minimum Gasteiger partial charge on any atom is -0.345 e. The lowest BCUT2D eigenvalue weighted by atomic mass is 10.1. The van der Waals surface area contributed by atoms with Gasteiger partial charge in [-0.2, -0.15) is 0 Å². The van der Waals surface area contributed by atoms with E-state index < -0.39 is 0 Å². The fraction of sp³-hybridized carbons (Fsp3) is 0.476. The highest BCUT2D eigenvalue weighted by Gasteiger charge is 2.22. The number of rotatable bonds is 6. The molecule has 0 bridgehead atoms. The maximum atomic E-state index is 12.4. The number of carbonyl (C=O) groups is 3. The monoisotopic (exact) mass is 386 g/mol. The zero-order valence-corrected chi connectivity index (χ0v) is 17.2. The molecule has 0 saturated carbocycles. The van der Waals surface area contributed by atoms with Gasteiger partial charge in [0.05, 0.1) is 0 Å². The summed E-state index contributed by atoms with van der Waals surface area (Å²) in [5.41, 5.74) is 1.48. The van der Waals surface area contributed by atoms with E-state index >= 15 is 0 Å². The number of nitrogens with zero attached hydrogens (tertiary/aromatic N) is 4. The molecule has 0 spiro atoms. The second kappa shape index (κ2) is 10.0. The molecule has 1 heterocycles. The number of piperazine rings is 1. The highest BCUT2D eigenvalue weighted by Crippen LogP contribution is 2.10. The Morgan fingerprint density at radius 3 is 2.04 bits per heavy atom. The van der Waals surface area contributed by atoms with E-state index in [1.54, 1.807) is 43.3 Å². The SMILES string of the molecule is CN(C)CCC(=O)N1CCN(C(=O)/C=C/c2ccc(C(=O)N(C)C)cc2)CC1. The van der Waals surface area contributed by atoms with Gasteiger partial charge in [-0.15, -0.1) is 0 Å². The van der Waals surface area contributed by atoms with E-state index in [9.17, 15) is 14.4 Å². The fourth-order valence-electron chi connectivity index (χ4n) is 2.92. The molecule has 2 rings (SSSR count). The van der Waals surface area contributed by atoms with Gasteiger partial charge in [0.1, 0.15) is 0 Å². The van der Waals surface area contributed by atoms with Crippen molar-refractivity contribution in [3.05, 3.63) is 41.5 Å². The lowest BCUT2D eigenvalue weighted by Crippen LogP contribution is -2.50. The quantitative estimate of drug-likeness (QED) is 0.685. The van der Waals surface area contributed by atoms with Crippen LogP contribution in [-0.2, 0) is 9.59 Å². The number of amides is 3. The Morgan fingerprint density at radius 2 is 1.50 bits per heavy atom. The zero-order chi connectivity index (χ0) is 20.7. The molecule has 0 unspecified atom stereocenters. The highest BCUT2D eigenvalue weighted by atomic mass is 16.2. The van der Waals surface area contributed by atoms with Crippen LogP contribution in [0, 0.1) is 0 Å². The van der Waals surface area contributed by atoms with Gasteiger partial charge < -0.3 is 19.6 Å². The first-order valence-corrected chi connectivity index (χ1v) is 9.49. The maximum absolute atomic E-state index is 12.4. The Kier molecular flexibility index (Phi) is 7.75. The molecule has 7 heteroatoms. The first-order chi connectivity index (χ1) is 13.3. The number of hydrogen-bond acceptors (Lipinski definition) is 4. The van der Waals surface area contributed by atoms with Gasteiger partial charge in [-0.25, -0.2) is 0 Å². The van der Waals surface area contributed by atoms with Crippen LogP contribution in [0.1, 0.15) is 22.3 Å². The van der Waals surface area contributed by atoms with Gasteiger partial charge in [0.15, 0.2) is 0 Å². The van der Waals surface area contributed by atoms with E-state index in [0.29, 0.717) is 38.2 Å². The molecule has 1 fully saturated rings. The molecule has 1 saturated heterocycles. The molecule has 0 aromatic heterocycles. The van der Waals surface area contributed by atoms with E-state index in [-0.39, 0.29) is 17.7 Å². The number of hydrogen-bond donors (Lipinski definition) is 0. The Hall–Kier alpha value is -2.67. The second-order valence-electron chi connectivity index (χ2n) is 7.41. The van der Waals surface area contributed by atoms with Crippen molar-refractivity contribution in [3.8, 4) is 0 Å². The van der Waals surface area contributed by atoms with Gasteiger partial charge in [0, 0.05) is 64.9 Å². The average molecular weight is 386 g/mol. The second-order valence-corrected chi connectivity index (χ2v) is 7.41. The molecule has 0 N–H and O–H groups in total. The normalized spacial score (nSPS) is 14.6. The lowest BCUT2D eigenvalue weighted by Gasteiger charge is -2.34. The summed E-state index contributed by atoms with van der Waals surface area (Å²) in [6.07, 6.45) is 3.81. The van der Waals surface area contributed by atoms with Crippen LogP contribution in [0.2, 0.25) is 0 Å². The Bertz CT molecular complexity index is 718. The Morgan fingerprint density at radius 1 is 0.929 bits per heavy atom. The molecule has 1 aliphatic rings. The van der Waals surface area contributed by atoms with Crippen LogP contribution < -0.4 is 0 Å². The third-order valence-electron chi connectivity index (χ3n) is 4.70. The molecule has 7 nitrogen and oxygen atoms in total. The van der Waals surface area contributed by atoms with Crippen LogP contribution in [0.15, 0.2) is 30.3 Å². The van der Waals surface area contributed by atoms with Crippen molar-refractivity contribution in [2.75, 3.05) is 60.9 Å². The van der Waals surface area contributed by atoms with Crippen LogP contribution in [0.25, 0.3) is 6.08 Å². The minimum atomic E-state index is -0.0613. The molecule has 3 amide bonds. The summed E-state index contributed by atoms with van der Waals surface area (Å²) in [6.45, 7) is 2.99. The number of carbonyl (C=O) groups excluding carboxylic acids is 3. The van der Waals surface area contributed by atoms with Crippen molar-refractivity contribution in [1.29, 1.82) is 0 Å². The van der Waals surface area contributed by atoms with E-state index in [2.05, 4.69) is 0 Å². The third kappa shape index (κ3) is 6.20. The Labute approximate surface area is 167 Å². The molecule has 1 aromatic carbocycles. The summed E-state index contributed by atoms with van der Waals surface area (Å²) in [5.74, 6) is 0.0298. The van der Waals surface area contributed by atoms with Crippen molar-refractivity contribution >= 4 is 23.8 Å². The first kappa shape index (κ1) is 21.6. The number of benzene rings is 1. The molecular formula is C21H30N4O3. The van der Waals surface area contributed by atoms with Crippen molar-refractivity contribution in [1.82, 2.24) is 19.6 Å². The van der Waals surface area contributed by atoms with Crippen LogP contribution in [0.5, 0.6) is 0 Å². The van der Waals surface area contributed by atoms with Gasteiger partial charge in [0.25, 0.3) is 5.91 Å². The standard InChI is InChI=1S/C21H30N4O3/c1-22(2)12-11-20(27)25-15-13-24(14-16-25)19(26)10-7-17-5-8-18(9-6-17)21(28)23(3)4/h5-10H,11-16H2,1-4H3/b10-7+. The molecule has 1 aliphatic heterocycles. The van der Waals surface area contributed by atoms with Crippen LogP contribution in [-0.4, -0.2) is 98.2 Å². The summed E-state index contributed by atoms with van der Waals surface area (Å²) in [7, 11) is 7.32. The predicted octanol–water partition coefficient (Wildman–Crippen LogP) is 1.02. The molecule has 152 valence electrons. The van der Waals surface area contributed by atoms with E-state index in [4.69, 9.17) is 0 Å². The molecule has 0 aliphatic carbocycles. The van der Waals surface area contributed by atoms with Crippen molar-refractivity contribution in [3.63, 3.8) is 0 Å². The van der Waals surface area contributed by atoms with Crippen molar-refractivity contribution in [2.45, 2.75) is 6.42 Å². The lowest BCUT2D eigenvalue weighted by molar-refractivity contribution is -0.137. The van der Waals surface area contributed by atoms with Gasteiger partial charge in [-0.3, -0.25) is 14.4 Å². The van der Waals surface area contributed by atoms with E-state index in [0.717, 1.165) is 12.1 Å². The van der Waals surface area contributed by atoms with Crippen molar-refractivity contribution in [2.24, 2.45) is 0 Å². The Balaban J connectivity index is 1.84. The fourth-order valence-corrected chi connectivity index (χ4v) is 2.92. The maximum Gasteiger partial charge on any atom is 0.253 e. The minimum absolute atomic E-state index is 0.0513. The molecule has 28 heavy (non-hydrogen) atoms. The molecule has 1 aromatic rings. The van der Waals surface area contributed by atoms with Gasteiger partial charge >= 0.3 is 0 Å². The zero-order valence-electron chi connectivity index (χ0n) is 17.2. The summed E-state index contributed by atoms with van der Waals surface area (Å²) in [4.78, 5) is 43.6. The summed E-state index contributed by atoms with van der Waals surface area (Å²) >= 11 is 0. The van der Waals surface area contributed by atoms with Crippen LogP contribution >= 0.6 is 0 Å². The van der Waals surface area contributed by atoms with E-state index in [1.807, 2.05) is 36.0 Å². The smallest absolute Gasteiger partial charge is 0.253 e. The largest absolute Gasteiger partial charge is 0.345 e. The van der Waals surface area contributed by atoms with Gasteiger partial charge in [-0.1, -0.05) is 12.1 Å². The summed E-state index contributed by atoms with van der Waals surface area (Å²) in [5, 5.41) is 0.